The maximum atomic E-state index is 12.5. The summed E-state index contributed by atoms with van der Waals surface area (Å²) in [6.45, 7) is 0. The Bertz CT molecular complexity index is 506. The molecule has 0 aromatic heterocycles. The van der Waals surface area contributed by atoms with E-state index < -0.39 is 5.54 Å². The first-order chi connectivity index (χ1) is 10.1. The molecular formula is C16H22N2OS2. The van der Waals surface area contributed by atoms with E-state index in [2.05, 4.69) is 5.32 Å². The van der Waals surface area contributed by atoms with Crippen molar-refractivity contribution in [2.24, 2.45) is 5.73 Å². The SMILES string of the molecule is CSc1ccc(C(=O)NC2(C(N)=S)CCCCCC2)cc1. The van der Waals surface area contributed by atoms with Gasteiger partial charge in [-0.15, -0.1) is 11.8 Å². The van der Waals surface area contributed by atoms with Crippen LogP contribution in [-0.4, -0.2) is 22.7 Å². The number of nitrogens with two attached hydrogens (primary N) is 1. The van der Waals surface area contributed by atoms with E-state index in [4.69, 9.17) is 18.0 Å². The molecule has 0 heterocycles. The molecular weight excluding hydrogens is 300 g/mol. The first kappa shape index (κ1) is 16.3. The molecule has 21 heavy (non-hydrogen) atoms. The van der Waals surface area contributed by atoms with Gasteiger partial charge in [-0.05, 0) is 43.4 Å². The zero-order valence-electron chi connectivity index (χ0n) is 12.4. The molecule has 1 aliphatic rings. The van der Waals surface area contributed by atoms with Crippen molar-refractivity contribution in [3.8, 4) is 0 Å². The minimum Gasteiger partial charge on any atom is -0.391 e. The number of thiocarbonyl (C=S) groups is 1. The van der Waals surface area contributed by atoms with E-state index in [-0.39, 0.29) is 5.91 Å². The third-order valence-electron chi connectivity index (χ3n) is 4.13. The predicted octanol–water partition coefficient (Wildman–Crippen LogP) is 3.52. The number of benzene rings is 1. The van der Waals surface area contributed by atoms with E-state index in [1.807, 2.05) is 30.5 Å². The Balaban J connectivity index is 2.15. The van der Waals surface area contributed by atoms with Gasteiger partial charge in [0, 0.05) is 10.5 Å². The van der Waals surface area contributed by atoms with E-state index in [0.29, 0.717) is 10.6 Å². The second-order valence-electron chi connectivity index (χ2n) is 5.54. The first-order valence-corrected chi connectivity index (χ1v) is 8.97. The van der Waals surface area contributed by atoms with Crippen LogP contribution in [0.2, 0.25) is 0 Å². The van der Waals surface area contributed by atoms with E-state index in [1.165, 1.54) is 12.8 Å². The maximum Gasteiger partial charge on any atom is 0.252 e. The van der Waals surface area contributed by atoms with Crippen molar-refractivity contribution in [3.63, 3.8) is 0 Å². The summed E-state index contributed by atoms with van der Waals surface area (Å²) in [5.41, 5.74) is 6.10. The van der Waals surface area contributed by atoms with Gasteiger partial charge < -0.3 is 11.1 Å². The van der Waals surface area contributed by atoms with Crippen molar-refractivity contribution >= 4 is 34.9 Å². The van der Waals surface area contributed by atoms with Crippen LogP contribution >= 0.6 is 24.0 Å². The smallest absolute Gasteiger partial charge is 0.252 e. The van der Waals surface area contributed by atoms with Crippen molar-refractivity contribution in [1.29, 1.82) is 0 Å². The molecule has 2 rings (SSSR count). The minimum absolute atomic E-state index is 0.0858. The Morgan fingerprint density at radius 3 is 2.24 bits per heavy atom. The van der Waals surface area contributed by atoms with Crippen LogP contribution in [0, 0.1) is 0 Å². The largest absolute Gasteiger partial charge is 0.391 e. The van der Waals surface area contributed by atoms with Gasteiger partial charge in [-0.2, -0.15) is 0 Å². The number of rotatable bonds is 4. The second-order valence-corrected chi connectivity index (χ2v) is 6.86. The highest BCUT2D eigenvalue weighted by molar-refractivity contribution is 7.98. The molecule has 0 spiro atoms. The van der Waals surface area contributed by atoms with Crippen molar-refractivity contribution < 1.29 is 4.79 Å². The van der Waals surface area contributed by atoms with Crippen molar-refractivity contribution in [2.45, 2.75) is 49.0 Å². The van der Waals surface area contributed by atoms with E-state index in [9.17, 15) is 4.79 Å². The summed E-state index contributed by atoms with van der Waals surface area (Å²) in [7, 11) is 0. The fourth-order valence-corrected chi connectivity index (χ4v) is 3.46. The normalized spacial score (nSPS) is 17.8. The van der Waals surface area contributed by atoms with E-state index in [0.717, 1.165) is 30.6 Å². The van der Waals surface area contributed by atoms with Crippen LogP contribution in [0.1, 0.15) is 48.9 Å². The van der Waals surface area contributed by atoms with Gasteiger partial charge in [-0.25, -0.2) is 0 Å². The zero-order valence-corrected chi connectivity index (χ0v) is 14.0. The predicted molar refractivity (Wildman–Crippen MR) is 92.9 cm³/mol. The van der Waals surface area contributed by atoms with Gasteiger partial charge in [0.2, 0.25) is 0 Å². The van der Waals surface area contributed by atoms with Gasteiger partial charge in [0.25, 0.3) is 5.91 Å². The molecule has 5 heteroatoms. The Morgan fingerprint density at radius 1 is 1.19 bits per heavy atom. The number of carbonyl (C=O) groups is 1. The number of carbonyl (C=O) groups excluding carboxylic acids is 1. The van der Waals surface area contributed by atoms with Crippen LogP contribution in [0.25, 0.3) is 0 Å². The van der Waals surface area contributed by atoms with Gasteiger partial charge in [0.05, 0.1) is 10.5 Å². The van der Waals surface area contributed by atoms with Crippen LogP contribution in [-0.2, 0) is 0 Å². The van der Waals surface area contributed by atoms with Crippen molar-refractivity contribution in [2.75, 3.05) is 6.26 Å². The lowest BCUT2D eigenvalue weighted by atomic mass is 9.89. The topological polar surface area (TPSA) is 55.1 Å². The van der Waals surface area contributed by atoms with Gasteiger partial charge in [0.15, 0.2) is 0 Å². The number of nitrogens with one attached hydrogen (secondary N) is 1. The molecule has 1 fully saturated rings. The molecule has 1 aromatic carbocycles. The van der Waals surface area contributed by atoms with Gasteiger partial charge in [-0.3, -0.25) is 4.79 Å². The average molecular weight is 322 g/mol. The number of hydrogen-bond donors (Lipinski definition) is 2. The van der Waals surface area contributed by atoms with Crippen LogP contribution in [0.5, 0.6) is 0 Å². The molecule has 0 bridgehead atoms. The Kier molecular flexibility index (Phi) is 5.65. The summed E-state index contributed by atoms with van der Waals surface area (Å²) in [6.07, 6.45) is 8.19. The van der Waals surface area contributed by atoms with Crippen LogP contribution in [0.3, 0.4) is 0 Å². The lowest BCUT2D eigenvalue weighted by Gasteiger charge is -2.33. The summed E-state index contributed by atoms with van der Waals surface area (Å²) < 4.78 is 0. The molecule has 1 aromatic rings. The standard InChI is InChI=1S/C16H22N2OS2/c1-21-13-8-6-12(7-9-13)14(19)18-16(15(17)20)10-4-2-3-5-11-16/h6-9H,2-5,10-11H2,1H3,(H2,17,20)(H,18,19). The molecule has 114 valence electrons. The second kappa shape index (κ2) is 7.27. The third kappa shape index (κ3) is 3.98. The van der Waals surface area contributed by atoms with Gasteiger partial charge >= 0.3 is 0 Å². The molecule has 1 amide bonds. The summed E-state index contributed by atoms with van der Waals surface area (Å²) in [5.74, 6) is -0.0858. The van der Waals surface area contributed by atoms with Crippen LogP contribution in [0.15, 0.2) is 29.2 Å². The number of amides is 1. The minimum atomic E-state index is -0.513. The molecule has 0 unspecified atom stereocenters. The average Bonchev–Trinajstić information content (AvgIpc) is 2.74. The molecule has 0 aliphatic heterocycles. The van der Waals surface area contributed by atoms with Gasteiger partial charge in [0.1, 0.15) is 0 Å². The van der Waals surface area contributed by atoms with Gasteiger partial charge in [-0.1, -0.05) is 37.9 Å². The summed E-state index contributed by atoms with van der Waals surface area (Å²) >= 11 is 6.91. The number of thioether (sulfide) groups is 1. The fourth-order valence-electron chi connectivity index (χ4n) is 2.80. The van der Waals surface area contributed by atoms with Crippen molar-refractivity contribution in [1.82, 2.24) is 5.32 Å². The highest BCUT2D eigenvalue weighted by Gasteiger charge is 2.35. The maximum absolute atomic E-state index is 12.5. The molecule has 0 saturated heterocycles. The third-order valence-corrected chi connectivity index (χ3v) is 5.27. The lowest BCUT2D eigenvalue weighted by Crippen LogP contribution is -2.56. The summed E-state index contributed by atoms with van der Waals surface area (Å²) in [6, 6.07) is 7.62. The quantitative estimate of drug-likeness (QED) is 0.506. The van der Waals surface area contributed by atoms with E-state index >= 15 is 0 Å². The summed E-state index contributed by atoms with van der Waals surface area (Å²) in [4.78, 5) is 14.1. The molecule has 3 nitrogen and oxygen atoms in total. The fraction of sp³-hybridized carbons (Fsp3) is 0.500. The zero-order chi connectivity index (χ0) is 15.3. The van der Waals surface area contributed by atoms with Crippen LogP contribution in [0.4, 0.5) is 0 Å². The highest BCUT2D eigenvalue weighted by Crippen LogP contribution is 2.28. The molecule has 1 aliphatic carbocycles. The lowest BCUT2D eigenvalue weighted by molar-refractivity contribution is 0.0917. The van der Waals surface area contributed by atoms with Crippen molar-refractivity contribution in [3.05, 3.63) is 29.8 Å². The molecule has 0 atom stereocenters. The Labute approximate surface area is 136 Å². The summed E-state index contributed by atoms with van der Waals surface area (Å²) in [5, 5.41) is 3.11. The Hall–Kier alpha value is -1.07. The molecule has 0 radical (unpaired) electrons. The first-order valence-electron chi connectivity index (χ1n) is 7.34. The van der Waals surface area contributed by atoms with Crippen LogP contribution < -0.4 is 11.1 Å². The molecule has 3 N–H and O–H groups in total. The van der Waals surface area contributed by atoms with E-state index in [1.54, 1.807) is 11.8 Å². The molecule has 1 saturated carbocycles. The highest BCUT2D eigenvalue weighted by atomic mass is 32.2. The monoisotopic (exact) mass is 322 g/mol. The Morgan fingerprint density at radius 2 is 1.76 bits per heavy atom. The number of hydrogen-bond acceptors (Lipinski definition) is 3.